The van der Waals surface area contributed by atoms with Gasteiger partial charge in [-0.1, -0.05) is 53.5 Å². The van der Waals surface area contributed by atoms with Crippen molar-refractivity contribution in [3.05, 3.63) is 64.1 Å². The molecule has 116 valence electrons. The van der Waals surface area contributed by atoms with E-state index >= 15 is 0 Å². The highest BCUT2D eigenvalue weighted by molar-refractivity contribution is 6.35. The van der Waals surface area contributed by atoms with E-state index in [-0.39, 0.29) is 11.4 Å². The van der Waals surface area contributed by atoms with E-state index in [9.17, 15) is 9.90 Å². The zero-order valence-corrected chi connectivity index (χ0v) is 13.2. The Hall–Kier alpha value is -2.50. The van der Waals surface area contributed by atoms with Crippen LogP contribution in [0.25, 0.3) is 11.3 Å². The minimum absolute atomic E-state index is 0.0484. The highest BCUT2D eigenvalue weighted by Crippen LogP contribution is 2.30. The number of rotatable bonds is 4. The number of nitrogens with zero attached hydrogens (tertiary/aromatic N) is 1. The van der Waals surface area contributed by atoms with Crippen molar-refractivity contribution in [2.75, 3.05) is 5.32 Å². The van der Waals surface area contributed by atoms with Crippen LogP contribution < -0.4 is 5.32 Å². The Bertz CT molecular complexity index is 843. The largest absolute Gasteiger partial charge is 0.477 e. The van der Waals surface area contributed by atoms with Gasteiger partial charge in [-0.15, -0.1) is 0 Å². The van der Waals surface area contributed by atoms with E-state index < -0.39 is 5.97 Å². The second kappa shape index (κ2) is 6.32. The van der Waals surface area contributed by atoms with Crippen molar-refractivity contribution in [2.45, 2.75) is 0 Å². The molecule has 0 unspecified atom stereocenters. The quantitative estimate of drug-likeness (QED) is 0.631. The number of halogens is 2. The predicted molar refractivity (Wildman–Crippen MR) is 90.7 cm³/mol. The zero-order chi connectivity index (χ0) is 16.4. The molecule has 1 aromatic heterocycles. The van der Waals surface area contributed by atoms with Gasteiger partial charge in [0.15, 0.2) is 5.82 Å². The van der Waals surface area contributed by atoms with E-state index in [0.717, 1.165) is 5.56 Å². The summed E-state index contributed by atoms with van der Waals surface area (Å²) in [6.45, 7) is 0. The van der Waals surface area contributed by atoms with Crippen LogP contribution in [0.5, 0.6) is 0 Å². The molecule has 0 aliphatic carbocycles. The van der Waals surface area contributed by atoms with Crippen LogP contribution >= 0.6 is 23.2 Å². The number of carboxylic acid groups (broad SMARTS) is 1. The molecule has 0 amide bonds. The smallest absolute Gasteiger partial charge is 0.341 e. The number of benzene rings is 2. The van der Waals surface area contributed by atoms with Gasteiger partial charge >= 0.3 is 5.97 Å². The number of aromatic nitrogens is 2. The first-order valence-electron chi connectivity index (χ1n) is 6.65. The maximum Gasteiger partial charge on any atom is 0.341 e. The molecule has 3 aromatic rings. The van der Waals surface area contributed by atoms with Gasteiger partial charge in [-0.3, -0.25) is 5.10 Å². The van der Waals surface area contributed by atoms with Gasteiger partial charge in [0, 0.05) is 21.3 Å². The molecule has 0 aliphatic heterocycles. The Morgan fingerprint density at radius 2 is 1.74 bits per heavy atom. The topological polar surface area (TPSA) is 78.0 Å². The third-order valence-corrected chi connectivity index (χ3v) is 3.60. The van der Waals surface area contributed by atoms with Gasteiger partial charge in [0.05, 0.1) is 5.69 Å². The van der Waals surface area contributed by atoms with Crippen LogP contribution in [0.3, 0.4) is 0 Å². The SMILES string of the molecule is O=C(O)c1c(Nc2cc(Cl)cc(Cl)c2)n[nH]c1-c1ccccc1. The van der Waals surface area contributed by atoms with Gasteiger partial charge in [-0.05, 0) is 18.2 Å². The first-order valence-corrected chi connectivity index (χ1v) is 7.40. The molecule has 0 aliphatic rings. The normalized spacial score (nSPS) is 10.5. The Kier molecular flexibility index (Phi) is 4.23. The van der Waals surface area contributed by atoms with E-state index in [1.54, 1.807) is 30.3 Å². The van der Waals surface area contributed by atoms with Gasteiger partial charge in [0.2, 0.25) is 0 Å². The first kappa shape index (κ1) is 15.4. The van der Waals surface area contributed by atoms with E-state index in [1.165, 1.54) is 0 Å². The molecular weight excluding hydrogens is 337 g/mol. The van der Waals surface area contributed by atoms with Gasteiger partial charge in [0.1, 0.15) is 5.56 Å². The maximum atomic E-state index is 11.6. The molecule has 3 rings (SSSR count). The zero-order valence-electron chi connectivity index (χ0n) is 11.7. The second-order valence-corrected chi connectivity index (χ2v) is 5.65. The van der Waals surface area contributed by atoms with Crippen molar-refractivity contribution in [1.29, 1.82) is 0 Å². The molecule has 0 radical (unpaired) electrons. The standard InChI is InChI=1S/C16H11Cl2N3O2/c17-10-6-11(18)8-12(7-10)19-15-13(16(22)23)14(20-21-15)9-4-2-1-3-5-9/h1-8H,(H,22,23)(H2,19,20,21). The number of carbonyl (C=O) groups is 1. The molecule has 7 heteroatoms. The minimum Gasteiger partial charge on any atom is -0.477 e. The van der Waals surface area contributed by atoms with Crippen LogP contribution in [0.4, 0.5) is 11.5 Å². The summed E-state index contributed by atoms with van der Waals surface area (Å²) in [4.78, 5) is 11.6. The summed E-state index contributed by atoms with van der Waals surface area (Å²) < 4.78 is 0. The Morgan fingerprint density at radius 3 is 2.35 bits per heavy atom. The molecule has 0 bridgehead atoms. The number of hydrogen-bond donors (Lipinski definition) is 3. The van der Waals surface area contributed by atoms with Gasteiger partial charge in [-0.25, -0.2) is 4.79 Å². The van der Waals surface area contributed by atoms with E-state index in [4.69, 9.17) is 23.2 Å². The summed E-state index contributed by atoms with van der Waals surface area (Å²) in [7, 11) is 0. The molecule has 23 heavy (non-hydrogen) atoms. The predicted octanol–water partition coefficient (Wildman–Crippen LogP) is 4.83. The number of hydrogen-bond acceptors (Lipinski definition) is 3. The lowest BCUT2D eigenvalue weighted by molar-refractivity contribution is 0.0699. The van der Waals surface area contributed by atoms with E-state index in [2.05, 4.69) is 15.5 Å². The molecule has 0 saturated carbocycles. The van der Waals surface area contributed by atoms with Crippen molar-refractivity contribution in [3.63, 3.8) is 0 Å². The Labute approximate surface area is 141 Å². The summed E-state index contributed by atoms with van der Waals surface area (Å²) in [5, 5.41) is 20.2. The van der Waals surface area contributed by atoms with Crippen LogP contribution in [-0.4, -0.2) is 21.3 Å². The van der Waals surface area contributed by atoms with Gasteiger partial charge in [0.25, 0.3) is 0 Å². The number of aromatic amines is 1. The number of nitrogens with one attached hydrogen (secondary N) is 2. The third kappa shape index (κ3) is 3.31. The summed E-state index contributed by atoms with van der Waals surface area (Å²) in [5.41, 5.74) is 1.76. The molecule has 0 fully saturated rings. The van der Waals surface area contributed by atoms with Gasteiger partial charge in [-0.2, -0.15) is 5.10 Å². The Balaban J connectivity index is 2.03. The summed E-state index contributed by atoms with van der Waals surface area (Å²) in [5.74, 6) is -0.900. The highest BCUT2D eigenvalue weighted by Gasteiger charge is 2.21. The van der Waals surface area contributed by atoms with Crippen molar-refractivity contribution in [2.24, 2.45) is 0 Å². The van der Waals surface area contributed by atoms with Crippen LogP contribution in [0.2, 0.25) is 10.0 Å². The number of aromatic carboxylic acids is 1. The maximum absolute atomic E-state index is 11.6. The average molecular weight is 348 g/mol. The molecule has 1 heterocycles. The number of anilines is 2. The first-order chi connectivity index (χ1) is 11.0. The third-order valence-electron chi connectivity index (χ3n) is 3.17. The van der Waals surface area contributed by atoms with Crippen LogP contribution in [-0.2, 0) is 0 Å². The number of carboxylic acids is 1. The fourth-order valence-electron chi connectivity index (χ4n) is 2.22. The average Bonchev–Trinajstić information content (AvgIpc) is 2.91. The fraction of sp³-hybridized carbons (Fsp3) is 0. The monoisotopic (exact) mass is 347 g/mol. The molecule has 2 aromatic carbocycles. The van der Waals surface area contributed by atoms with E-state index in [0.29, 0.717) is 21.4 Å². The summed E-state index contributed by atoms with van der Waals surface area (Å²) in [6, 6.07) is 14.0. The highest BCUT2D eigenvalue weighted by atomic mass is 35.5. The molecule has 0 atom stereocenters. The van der Waals surface area contributed by atoms with Crippen LogP contribution in [0.1, 0.15) is 10.4 Å². The number of H-pyrrole nitrogens is 1. The second-order valence-electron chi connectivity index (χ2n) is 4.78. The molecular formula is C16H11Cl2N3O2. The summed E-state index contributed by atoms with van der Waals surface area (Å²) in [6.07, 6.45) is 0. The lowest BCUT2D eigenvalue weighted by Gasteiger charge is -2.06. The van der Waals surface area contributed by atoms with Crippen molar-refractivity contribution in [1.82, 2.24) is 10.2 Å². The lowest BCUT2D eigenvalue weighted by atomic mass is 10.1. The van der Waals surface area contributed by atoms with Crippen LogP contribution in [0, 0.1) is 0 Å². The van der Waals surface area contributed by atoms with Crippen molar-refractivity contribution < 1.29 is 9.90 Å². The van der Waals surface area contributed by atoms with Crippen LogP contribution in [0.15, 0.2) is 48.5 Å². The van der Waals surface area contributed by atoms with Gasteiger partial charge < -0.3 is 10.4 Å². The molecule has 0 saturated heterocycles. The van der Waals surface area contributed by atoms with E-state index in [1.807, 2.05) is 18.2 Å². The van der Waals surface area contributed by atoms with Crippen molar-refractivity contribution in [3.8, 4) is 11.3 Å². The lowest BCUT2D eigenvalue weighted by Crippen LogP contribution is -2.02. The fourth-order valence-corrected chi connectivity index (χ4v) is 2.74. The van der Waals surface area contributed by atoms with Crippen molar-refractivity contribution >= 4 is 40.7 Å². The minimum atomic E-state index is -1.09. The Morgan fingerprint density at radius 1 is 1.09 bits per heavy atom. The summed E-state index contributed by atoms with van der Waals surface area (Å²) >= 11 is 11.9. The molecule has 0 spiro atoms. The molecule has 3 N–H and O–H groups in total. The molecule has 5 nitrogen and oxygen atoms in total.